The minimum absolute atomic E-state index is 0.636. The van der Waals surface area contributed by atoms with Crippen LogP contribution in [-0.2, 0) is 0 Å². The standard InChI is InChI=1S/C55H42/c1-2-37-26-27-43(36-45(34-37)44-33-30-38-14-6-7-17-42(38)35-44)39-28-31-41(32-29-39)54-50-18-8-10-20-52(50)55(53-21-11-9-19-51(53)54)49-25-13-23-47-46(22-12-24-48(47)49)40-15-4-3-5-16-40/h3-25,27-33,35-37H,2,26,34H2,1H3. The van der Waals surface area contributed by atoms with Gasteiger partial charge in [0.1, 0.15) is 0 Å². The lowest BCUT2D eigenvalue weighted by Crippen LogP contribution is -1.98. The van der Waals surface area contributed by atoms with Crippen molar-refractivity contribution in [3.8, 4) is 33.4 Å². The van der Waals surface area contributed by atoms with Crippen LogP contribution in [0.4, 0.5) is 0 Å². The van der Waals surface area contributed by atoms with Crippen LogP contribution in [0.3, 0.4) is 0 Å². The first kappa shape index (κ1) is 33.1. The first-order valence-electron chi connectivity index (χ1n) is 19.7. The molecule has 262 valence electrons. The Morgan fingerprint density at radius 3 is 1.65 bits per heavy atom. The summed E-state index contributed by atoms with van der Waals surface area (Å²) >= 11 is 0. The summed E-state index contributed by atoms with van der Waals surface area (Å²) in [7, 11) is 0. The van der Waals surface area contributed by atoms with Crippen molar-refractivity contribution < 1.29 is 0 Å². The molecule has 10 rings (SSSR count). The SMILES string of the molecule is CCC1CC=C(c2ccc(-c3c4ccccc4c(-c4cccc5c(-c6ccccc6)cccc45)c4ccccc34)cc2)C=C(c2ccc3ccccc3c2)C1. The van der Waals surface area contributed by atoms with Gasteiger partial charge < -0.3 is 0 Å². The van der Waals surface area contributed by atoms with Gasteiger partial charge in [0.15, 0.2) is 0 Å². The molecule has 0 heteroatoms. The van der Waals surface area contributed by atoms with E-state index in [0.29, 0.717) is 5.92 Å². The predicted octanol–water partition coefficient (Wildman–Crippen LogP) is 15.6. The Hall–Kier alpha value is -6.50. The van der Waals surface area contributed by atoms with Crippen LogP contribution in [0.25, 0.3) is 87.6 Å². The monoisotopic (exact) mass is 702 g/mol. The van der Waals surface area contributed by atoms with Crippen LogP contribution in [0.15, 0.2) is 194 Å². The molecule has 0 nitrogen and oxygen atoms in total. The molecule has 0 spiro atoms. The van der Waals surface area contributed by atoms with Crippen molar-refractivity contribution >= 4 is 54.2 Å². The van der Waals surface area contributed by atoms with E-state index >= 15 is 0 Å². The molecular weight excluding hydrogens is 661 g/mol. The van der Waals surface area contributed by atoms with Gasteiger partial charge in [-0.25, -0.2) is 0 Å². The first-order valence-corrected chi connectivity index (χ1v) is 19.7. The van der Waals surface area contributed by atoms with Gasteiger partial charge in [-0.2, -0.15) is 0 Å². The van der Waals surface area contributed by atoms with Crippen LogP contribution in [0.2, 0.25) is 0 Å². The van der Waals surface area contributed by atoms with E-state index in [1.54, 1.807) is 0 Å². The maximum Gasteiger partial charge on any atom is -0.00201 e. The number of hydrogen-bond donors (Lipinski definition) is 0. The molecule has 0 aromatic heterocycles. The molecule has 0 bridgehead atoms. The van der Waals surface area contributed by atoms with Crippen LogP contribution in [0.5, 0.6) is 0 Å². The number of allylic oxidation sites excluding steroid dienone is 4. The van der Waals surface area contributed by atoms with Crippen LogP contribution in [0, 0.1) is 5.92 Å². The van der Waals surface area contributed by atoms with Gasteiger partial charge >= 0.3 is 0 Å². The maximum atomic E-state index is 2.48. The van der Waals surface area contributed by atoms with Gasteiger partial charge in [0.2, 0.25) is 0 Å². The Morgan fingerprint density at radius 2 is 0.964 bits per heavy atom. The second kappa shape index (κ2) is 14.0. The molecule has 9 aromatic carbocycles. The quantitative estimate of drug-likeness (QED) is 0.151. The normalized spacial score (nSPS) is 14.6. The van der Waals surface area contributed by atoms with Crippen molar-refractivity contribution in [2.24, 2.45) is 5.92 Å². The van der Waals surface area contributed by atoms with Crippen LogP contribution >= 0.6 is 0 Å². The van der Waals surface area contributed by atoms with Gasteiger partial charge in [0, 0.05) is 0 Å². The minimum Gasteiger partial charge on any atom is -0.0764 e. The molecule has 0 aliphatic heterocycles. The predicted molar refractivity (Wildman–Crippen MR) is 238 cm³/mol. The lowest BCUT2D eigenvalue weighted by Gasteiger charge is -2.19. The van der Waals surface area contributed by atoms with E-state index in [9.17, 15) is 0 Å². The highest BCUT2D eigenvalue weighted by molar-refractivity contribution is 6.24. The molecule has 0 saturated carbocycles. The lowest BCUT2D eigenvalue weighted by atomic mass is 9.84. The average Bonchev–Trinajstić information content (AvgIpc) is 3.49. The molecule has 1 aliphatic rings. The van der Waals surface area contributed by atoms with Gasteiger partial charge in [0.25, 0.3) is 0 Å². The fourth-order valence-electron chi connectivity index (χ4n) is 9.05. The molecule has 1 atom stereocenters. The van der Waals surface area contributed by atoms with E-state index in [-0.39, 0.29) is 0 Å². The molecule has 55 heavy (non-hydrogen) atoms. The molecule has 0 amide bonds. The summed E-state index contributed by atoms with van der Waals surface area (Å²) in [4.78, 5) is 0. The summed E-state index contributed by atoms with van der Waals surface area (Å²) in [5.41, 5.74) is 13.0. The highest BCUT2D eigenvalue weighted by atomic mass is 14.2. The molecule has 9 aromatic rings. The Morgan fingerprint density at radius 1 is 0.418 bits per heavy atom. The smallest absolute Gasteiger partial charge is 0.00201 e. The Kier molecular flexibility index (Phi) is 8.45. The number of rotatable bonds is 6. The zero-order chi connectivity index (χ0) is 36.7. The number of fused-ring (bicyclic) bond motifs is 4. The van der Waals surface area contributed by atoms with E-state index in [1.807, 2.05) is 0 Å². The van der Waals surface area contributed by atoms with Crippen molar-refractivity contribution in [2.45, 2.75) is 26.2 Å². The highest BCUT2D eigenvalue weighted by Crippen LogP contribution is 2.46. The third-order valence-corrected chi connectivity index (χ3v) is 11.9. The van der Waals surface area contributed by atoms with Crippen molar-refractivity contribution in [1.82, 2.24) is 0 Å². The van der Waals surface area contributed by atoms with Crippen molar-refractivity contribution in [2.75, 3.05) is 0 Å². The zero-order valence-corrected chi connectivity index (χ0v) is 31.2. The van der Waals surface area contributed by atoms with E-state index in [4.69, 9.17) is 0 Å². The third kappa shape index (κ3) is 5.96. The van der Waals surface area contributed by atoms with Gasteiger partial charge in [-0.15, -0.1) is 0 Å². The van der Waals surface area contributed by atoms with Gasteiger partial charge in [-0.3, -0.25) is 0 Å². The van der Waals surface area contributed by atoms with Crippen LogP contribution in [-0.4, -0.2) is 0 Å². The van der Waals surface area contributed by atoms with E-state index in [0.717, 1.165) is 12.8 Å². The maximum absolute atomic E-state index is 2.48. The molecular formula is C55H42. The topological polar surface area (TPSA) is 0 Å². The lowest BCUT2D eigenvalue weighted by molar-refractivity contribution is 0.533. The Balaban J connectivity index is 1.10. The van der Waals surface area contributed by atoms with Crippen molar-refractivity contribution in [1.29, 1.82) is 0 Å². The molecule has 0 saturated heterocycles. The minimum atomic E-state index is 0.636. The third-order valence-electron chi connectivity index (χ3n) is 11.9. The second-order valence-corrected chi connectivity index (χ2v) is 15.1. The molecule has 1 aliphatic carbocycles. The summed E-state index contributed by atoms with van der Waals surface area (Å²) in [6.07, 6.45) is 8.31. The Bertz CT molecular complexity index is 2880. The molecule has 0 heterocycles. The molecule has 0 radical (unpaired) electrons. The summed E-state index contributed by atoms with van der Waals surface area (Å²) in [5, 5.41) is 10.2. The molecule has 0 N–H and O–H groups in total. The van der Waals surface area contributed by atoms with E-state index in [2.05, 4.69) is 201 Å². The fraction of sp³-hybridized carbons (Fsp3) is 0.0909. The van der Waals surface area contributed by atoms with Gasteiger partial charge in [-0.05, 0) is 124 Å². The summed E-state index contributed by atoms with van der Waals surface area (Å²) in [5.74, 6) is 0.636. The van der Waals surface area contributed by atoms with Gasteiger partial charge in [0.05, 0.1) is 0 Å². The number of benzene rings is 9. The van der Waals surface area contributed by atoms with Gasteiger partial charge in [-0.1, -0.05) is 201 Å². The first-order chi connectivity index (χ1) is 27.2. The van der Waals surface area contributed by atoms with Crippen LogP contribution < -0.4 is 0 Å². The molecule has 0 fully saturated rings. The molecule has 1 unspecified atom stereocenters. The summed E-state index contributed by atoms with van der Waals surface area (Å²) in [6.45, 7) is 2.33. The van der Waals surface area contributed by atoms with Crippen molar-refractivity contribution in [3.05, 3.63) is 205 Å². The Labute approximate surface area is 323 Å². The average molecular weight is 703 g/mol. The van der Waals surface area contributed by atoms with Crippen LogP contribution in [0.1, 0.15) is 37.3 Å². The summed E-state index contributed by atoms with van der Waals surface area (Å²) < 4.78 is 0. The van der Waals surface area contributed by atoms with Crippen molar-refractivity contribution in [3.63, 3.8) is 0 Å². The zero-order valence-electron chi connectivity index (χ0n) is 31.2. The second-order valence-electron chi connectivity index (χ2n) is 15.1. The largest absolute Gasteiger partial charge is 0.0764 e. The van der Waals surface area contributed by atoms with E-state index in [1.165, 1.54) is 105 Å². The van der Waals surface area contributed by atoms with E-state index < -0.39 is 0 Å². The fourth-order valence-corrected chi connectivity index (χ4v) is 9.05. The summed E-state index contributed by atoms with van der Waals surface area (Å²) in [6, 6.07) is 67.4. The number of hydrogen-bond acceptors (Lipinski definition) is 0. The highest BCUT2D eigenvalue weighted by Gasteiger charge is 2.20.